The predicted molar refractivity (Wildman–Crippen MR) is 58.4 cm³/mol. The fourth-order valence-corrected chi connectivity index (χ4v) is 1.10. The molecule has 0 amide bonds. The minimum Gasteiger partial charge on any atom is -0.368 e. The summed E-state index contributed by atoms with van der Waals surface area (Å²) in [5.74, 6) is 0.227. The largest absolute Gasteiger partial charge is 0.368 e. The maximum atomic E-state index is 6.94. The van der Waals surface area contributed by atoms with Crippen LogP contribution in [0.25, 0.3) is 0 Å². The number of rotatable bonds is 4. The minimum atomic E-state index is -0.201. The molecule has 15 heavy (non-hydrogen) atoms. The van der Waals surface area contributed by atoms with Gasteiger partial charge in [0.25, 0.3) is 0 Å². The third-order valence-corrected chi connectivity index (χ3v) is 1.97. The van der Waals surface area contributed by atoms with Gasteiger partial charge in [-0.05, 0) is 13.3 Å². The summed E-state index contributed by atoms with van der Waals surface area (Å²) in [4.78, 5) is 12.0. The molecule has 1 heterocycles. The Morgan fingerprint density at radius 2 is 2.13 bits per heavy atom. The Balaban J connectivity index is 2.92. The van der Waals surface area contributed by atoms with Crippen molar-refractivity contribution in [3.05, 3.63) is 12.4 Å². The maximum absolute atomic E-state index is 6.94. The Labute approximate surface area is 88.2 Å². The van der Waals surface area contributed by atoms with Crippen LogP contribution in [-0.2, 0) is 0 Å². The monoisotopic (exact) mass is 206 g/mol. The standard InChI is InChI=1S/C9H14N6/c1-3-8(6(2)15-11)14-7-4-12-9(10)13-5-7/h4-6,11H,3H2,1-2H3,(H2,10,12,13). The summed E-state index contributed by atoms with van der Waals surface area (Å²) in [5, 5.41) is 3.43. The summed E-state index contributed by atoms with van der Waals surface area (Å²) >= 11 is 0. The van der Waals surface area contributed by atoms with Crippen molar-refractivity contribution in [2.75, 3.05) is 5.73 Å². The zero-order chi connectivity index (χ0) is 11.3. The van der Waals surface area contributed by atoms with Gasteiger partial charge in [-0.15, -0.1) is 0 Å². The molecule has 0 aliphatic carbocycles. The summed E-state index contributed by atoms with van der Waals surface area (Å²) in [6.07, 6.45) is 3.84. The topological polar surface area (TPSA) is 100 Å². The summed E-state index contributed by atoms with van der Waals surface area (Å²) in [7, 11) is 0. The molecule has 1 atom stereocenters. The molecule has 1 aromatic heterocycles. The quantitative estimate of drug-likeness (QED) is 0.581. The van der Waals surface area contributed by atoms with Gasteiger partial charge in [0.15, 0.2) is 0 Å². The number of nitrogens with two attached hydrogens (primary N) is 1. The van der Waals surface area contributed by atoms with Crippen molar-refractivity contribution < 1.29 is 0 Å². The van der Waals surface area contributed by atoms with Crippen molar-refractivity contribution in [1.82, 2.24) is 9.97 Å². The molecule has 6 heteroatoms. The smallest absolute Gasteiger partial charge is 0.220 e. The summed E-state index contributed by atoms with van der Waals surface area (Å²) in [6, 6.07) is -0.201. The molecule has 1 unspecified atom stereocenters. The highest BCUT2D eigenvalue weighted by Crippen LogP contribution is 2.11. The molecule has 3 N–H and O–H groups in total. The van der Waals surface area contributed by atoms with Crippen molar-refractivity contribution >= 4 is 17.3 Å². The average molecular weight is 206 g/mol. The van der Waals surface area contributed by atoms with Crippen LogP contribution in [0, 0.1) is 5.53 Å². The number of hydrogen-bond acceptors (Lipinski definition) is 6. The molecule has 1 rings (SSSR count). The molecular formula is C9H14N6. The van der Waals surface area contributed by atoms with E-state index in [1.807, 2.05) is 13.8 Å². The third-order valence-electron chi connectivity index (χ3n) is 1.97. The van der Waals surface area contributed by atoms with Gasteiger partial charge in [0.2, 0.25) is 5.95 Å². The molecule has 1 aromatic rings. The zero-order valence-electron chi connectivity index (χ0n) is 8.81. The number of hydrogen-bond donors (Lipinski definition) is 2. The van der Waals surface area contributed by atoms with Gasteiger partial charge in [0.05, 0.1) is 18.1 Å². The molecular weight excluding hydrogens is 192 g/mol. The van der Waals surface area contributed by atoms with Crippen molar-refractivity contribution in [2.45, 2.75) is 26.3 Å². The van der Waals surface area contributed by atoms with Crippen LogP contribution in [0.4, 0.5) is 11.6 Å². The third kappa shape index (κ3) is 3.08. The lowest BCUT2D eigenvalue weighted by Crippen LogP contribution is -2.12. The van der Waals surface area contributed by atoms with E-state index >= 15 is 0 Å². The molecule has 0 aliphatic heterocycles. The van der Waals surface area contributed by atoms with Gasteiger partial charge >= 0.3 is 0 Å². The normalized spacial score (nSPS) is 13.6. The van der Waals surface area contributed by atoms with E-state index in [2.05, 4.69) is 20.1 Å². The Morgan fingerprint density at radius 3 is 2.60 bits per heavy atom. The molecule has 0 spiro atoms. The van der Waals surface area contributed by atoms with Crippen LogP contribution in [0.1, 0.15) is 20.3 Å². The van der Waals surface area contributed by atoms with Gasteiger partial charge in [0.1, 0.15) is 6.04 Å². The highest BCUT2D eigenvalue weighted by Gasteiger charge is 2.06. The van der Waals surface area contributed by atoms with Crippen LogP contribution in [-0.4, -0.2) is 21.7 Å². The first kappa shape index (κ1) is 11.2. The number of nitrogen functional groups attached to an aromatic ring is 1. The Morgan fingerprint density at radius 1 is 1.53 bits per heavy atom. The fourth-order valence-electron chi connectivity index (χ4n) is 1.10. The van der Waals surface area contributed by atoms with Crippen LogP contribution in [0.2, 0.25) is 0 Å². The molecule has 0 saturated carbocycles. The van der Waals surface area contributed by atoms with Crippen molar-refractivity contribution in [3.8, 4) is 0 Å². The molecule has 80 valence electrons. The maximum Gasteiger partial charge on any atom is 0.220 e. The van der Waals surface area contributed by atoms with E-state index < -0.39 is 0 Å². The fraction of sp³-hybridized carbons (Fsp3) is 0.444. The van der Waals surface area contributed by atoms with Crippen LogP contribution in [0.15, 0.2) is 22.5 Å². The van der Waals surface area contributed by atoms with Crippen molar-refractivity contribution in [3.63, 3.8) is 0 Å². The van der Waals surface area contributed by atoms with E-state index in [-0.39, 0.29) is 12.0 Å². The number of anilines is 1. The SMILES string of the molecule is CCC(=Nc1cnc(N)nc1)C(C)N=N. The van der Waals surface area contributed by atoms with E-state index in [0.29, 0.717) is 5.69 Å². The molecule has 0 bridgehead atoms. The Hall–Kier alpha value is -1.85. The van der Waals surface area contributed by atoms with Crippen molar-refractivity contribution in [2.24, 2.45) is 10.1 Å². The molecule has 0 radical (unpaired) electrons. The number of aromatic nitrogens is 2. The number of nitrogens with zero attached hydrogens (tertiary/aromatic N) is 4. The van der Waals surface area contributed by atoms with Gasteiger partial charge in [0, 0.05) is 5.71 Å². The van der Waals surface area contributed by atoms with Gasteiger partial charge in [-0.2, -0.15) is 5.11 Å². The lowest BCUT2D eigenvalue weighted by molar-refractivity contribution is 0.833. The molecule has 0 aromatic carbocycles. The van der Waals surface area contributed by atoms with Gasteiger partial charge < -0.3 is 5.73 Å². The van der Waals surface area contributed by atoms with Crippen LogP contribution >= 0.6 is 0 Å². The van der Waals surface area contributed by atoms with Crippen LogP contribution in [0.3, 0.4) is 0 Å². The first-order valence-corrected chi connectivity index (χ1v) is 4.69. The van der Waals surface area contributed by atoms with E-state index in [0.717, 1.165) is 12.1 Å². The van der Waals surface area contributed by atoms with Crippen molar-refractivity contribution in [1.29, 1.82) is 5.53 Å². The van der Waals surface area contributed by atoms with E-state index in [4.69, 9.17) is 11.3 Å². The summed E-state index contributed by atoms with van der Waals surface area (Å²) in [5.41, 5.74) is 13.8. The predicted octanol–water partition coefficient (Wildman–Crippen LogP) is 1.96. The highest BCUT2D eigenvalue weighted by molar-refractivity contribution is 5.91. The van der Waals surface area contributed by atoms with E-state index in [1.165, 1.54) is 0 Å². The lowest BCUT2D eigenvalue weighted by Gasteiger charge is -2.06. The van der Waals surface area contributed by atoms with Gasteiger partial charge in [-0.1, -0.05) is 6.92 Å². The first-order valence-electron chi connectivity index (χ1n) is 4.69. The second-order valence-electron chi connectivity index (χ2n) is 3.06. The van der Waals surface area contributed by atoms with Gasteiger partial charge in [-0.25, -0.2) is 15.5 Å². The average Bonchev–Trinajstić information content (AvgIpc) is 2.27. The number of aliphatic imine (C=N–C) groups is 1. The minimum absolute atomic E-state index is 0.201. The Bertz CT molecular complexity index is 355. The second kappa shape index (κ2) is 5.14. The number of nitrogens with one attached hydrogen (secondary N) is 1. The summed E-state index contributed by atoms with van der Waals surface area (Å²) in [6.45, 7) is 3.80. The van der Waals surface area contributed by atoms with E-state index in [9.17, 15) is 0 Å². The van der Waals surface area contributed by atoms with E-state index in [1.54, 1.807) is 12.4 Å². The molecule has 0 aliphatic rings. The second-order valence-corrected chi connectivity index (χ2v) is 3.06. The van der Waals surface area contributed by atoms with Crippen LogP contribution in [0.5, 0.6) is 0 Å². The van der Waals surface area contributed by atoms with Gasteiger partial charge in [-0.3, -0.25) is 4.99 Å². The molecule has 0 fully saturated rings. The summed E-state index contributed by atoms with van der Waals surface area (Å²) < 4.78 is 0. The first-order chi connectivity index (χ1) is 7.17. The highest BCUT2D eigenvalue weighted by atomic mass is 15.0. The molecule has 6 nitrogen and oxygen atoms in total. The zero-order valence-corrected chi connectivity index (χ0v) is 8.81. The lowest BCUT2D eigenvalue weighted by atomic mass is 10.1. The molecule has 0 saturated heterocycles. The van der Waals surface area contributed by atoms with Crippen LogP contribution < -0.4 is 5.73 Å². The Kier molecular flexibility index (Phi) is 3.84.